The third kappa shape index (κ3) is 4.53. The summed E-state index contributed by atoms with van der Waals surface area (Å²) < 4.78 is 16.8. The smallest absolute Gasteiger partial charge is 0.243 e. The Bertz CT molecular complexity index is 932. The zero-order valence-corrected chi connectivity index (χ0v) is 18.5. The van der Waals surface area contributed by atoms with Crippen LogP contribution in [0.5, 0.6) is 0 Å². The first kappa shape index (κ1) is 21.6. The summed E-state index contributed by atoms with van der Waals surface area (Å²) in [6.45, 7) is 5.91. The molecule has 2 amide bonds. The zero-order valence-electron chi connectivity index (χ0n) is 18.5. The highest BCUT2D eigenvalue weighted by molar-refractivity contribution is 5.86. The van der Waals surface area contributed by atoms with E-state index in [1.807, 2.05) is 18.3 Å². The molecular weight excluding hydrogens is 393 g/mol. The number of rotatable bonds is 6. The van der Waals surface area contributed by atoms with Crippen molar-refractivity contribution in [3.63, 3.8) is 0 Å². The van der Waals surface area contributed by atoms with Gasteiger partial charge < -0.3 is 14.4 Å². The van der Waals surface area contributed by atoms with Gasteiger partial charge in [-0.25, -0.2) is 4.39 Å². The number of aromatic nitrogens is 1. The standard InChI is InChI=1S/C25H32FN3O2/c1-18(2)16-28(25(31)19-8-3-4-9-19)17-23(30)29-15-14-27-13-7-12-22(27)24(29)20-10-5-6-11-21(20)26/h5-7,10-13,18-19,24H,3-4,8-9,14-17H2,1-2H3/t24-/m1/s1. The molecule has 1 aromatic heterocycles. The fourth-order valence-electron chi connectivity index (χ4n) is 5.03. The van der Waals surface area contributed by atoms with E-state index >= 15 is 0 Å². The van der Waals surface area contributed by atoms with Crippen LogP contribution >= 0.6 is 0 Å². The lowest BCUT2D eigenvalue weighted by atomic mass is 9.99. The van der Waals surface area contributed by atoms with E-state index in [-0.39, 0.29) is 36.0 Å². The van der Waals surface area contributed by atoms with Gasteiger partial charge in [-0.2, -0.15) is 0 Å². The second-order valence-corrected chi connectivity index (χ2v) is 9.23. The molecule has 2 aromatic rings. The van der Waals surface area contributed by atoms with Crippen molar-refractivity contribution in [3.05, 3.63) is 59.7 Å². The number of carbonyl (C=O) groups excluding carboxylic acids is 2. The van der Waals surface area contributed by atoms with Crippen molar-refractivity contribution in [1.29, 1.82) is 0 Å². The Labute approximate surface area is 183 Å². The number of amides is 2. The molecule has 1 atom stereocenters. The van der Waals surface area contributed by atoms with Crippen LogP contribution in [0.25, 0.3) is 0 Å². The molecule has 1 fully saturated rings. The molecule has 6 heteroatoms. The van der Waals surface area contributed by atoms with Crippen molar-refractivity contribution >= 4 is 11.8 Å². The molecule has 4 rings (SSSR count). The van der Waals surface area contributed by atoms with Gasteiger partial charge in [0.25, 0.3) is 0 Å². The number of halogens is 1. The van der Waals surface area contributed by atoms with Crippen molar-refractivity contribution < 1.29 is 14.0 Å². The predicted molar refractivity (Wildman–Crippen MR) is 118 cm³/mol. The van der Waals surface area contributed by atoms with Crippen LogP contribution < -0.4 is 0 Å². The van der Waals surface area contributed by atoms with E-state index < -0.39 is 6.04 Å². The highest BCUT2D eigenvalue weighted by atomic mass is 19.1. The minimum atomic E-state index is -0.486. The molecule has 1 saturated carbocycles. The van der Waals surface area contributed by atoms with Gasteiger partial charge in [-0.05, 0) is 37.0 Å². The van der Waals surface area contributed by atoms with Crippen LogP contribution in [0.2, 0.25) is 0 Å². The molecule has 1 aliphatic carbocycles. The van der Waals surface area contributed by atoms with Gasteiger partial charge >= 0.3 is 0 Å². The Morgan fingerprint density at radius 2 is 1.84 bits per heavy atom. The molecule has 0 radical (unpaired) electrons. The minimum absolute atomic E-state index is 0.0347. The van der Waals surface area contributed by atoms with E-state index in [4.69, 9.17) is 0 Å². The average molecular weight is 426 g/mol. The minimum Gasteiger partial charge on any atom is -0.348 e. The quantitative estimate of drug-likeness (QED) is 0.695. The molecule has 0 spiro atoms. The van der Waals surface area contributed by atoms with Gasteiger partial charge in [0, 0.05) is 43.0 Å². The first-order valence-corrected chi connectivity index (χ1v) is 11.4. The zero-order chi connectivity index (χ0) is 22.0. The second kappa shape index (κ2) is 9.25. The summed E-state index contributed by atoms with van der Waals surface area (Å²) in [5.74, 6) is -0.0253. The van der Waals surface area contributed by atoms with E-state index in [9.17, 15) is 14.0 Å². The molecule has 0 bridgehead atoms. The van der Waals surface area contributed by atoms with E-state index in [0.717, 1.165) is 31.4 Å². The van der Waals surface area contributed by atoms with E-state index in [1.165, 1.54) is 6.07 Å². The number of hydrogen-bond acceptors (Lipinski definition) is 2. The number of fused-ring (bicyclic) bond motifs is 1. The van der Waals surface area contributed by atoms with Crippen LogP contribution in [0.15, 0.2) is 42.6 Å². The lowest BCUT2D eigenvalue weighted by Crippen LogP contribution is -2.49. The van der Waals surface area contributed by atoms with Crippen molar-refractivity contribution in [1.82, 2.24) is 14.4 Å². The van der Waals surface area contributed by atoms with Crippen molar-refractivity contribution in [2.75, 3.05) is 19.6 Å². The normalized spacial score (nSPS) is 19.0. The highest BCUT2D eigenvalue weighted by Gasteiger charge is 2.36. The predicted octanol–water partition coefficient (Wildman–Crippen LogP) is 4.23. The maximum atomic E-state index is 14.8. The van der Waals surface area contributed by atoms with Gasteiger partial charge in [0.1, 0.15) is 11.9 Å². The molecule has 2 aliphatic rings. The Morgan fingerprint density at radius 1 is 1.10 bits per heavy atom. The number of nitrogens with zero attached hydrogens (tertiary/aromatic N) is 3. The Balaban J connectivity index is 1.60. The number of carbonyl (C=O) groups is 2. The number of hydrogen-bond donors (Lipinski definition) is 0. The van der Waals surface area contributed by atoms with Gasteiger partial charge in [-0.1, -0.05) is 44.9 Å². The Hall–Kier alpha value is -2.63. The summed E-state index contributed by atoms with van der Waals surface area (Å²) in [4.78, 5) is 30.2. The molecule has 0 N–H and O–H groups in total. The number of benzene rings is 1. The van der Waals surface area contributed by atoms with Crippen LogP contribution in [0.3, 0.4) is 0 Å². The van der Waals surface area contributed by atoms with Crippen molar-refractivity contribution in [2.45, 2.75) is 52.1 Å². The first-order valence-electron chi connectivity index (χ1n) is 11.4. The summed E-state index contributed by atoms with van der Waals surface area (Å²) in [6, 6.07) is 10.1. The lowest BCUT2D eigenvalue weighted by Gasteiger charge is -2.39. The Kier molecular flexibility index (Phi) is 6.44. The van der Waals surface area contributed by atoms with Crippen LogP contribution in [-0.2, 0) is 16.1 Å². The molecule has 0 saturated heterocycles. The topological polar surface area (TPSA) is 45.6 Å². The summed E-state index contributed by atoms with van der Waals surface area (Å²) in [5, 5.41) is 0. The second-order valence-electron chi connectivity index (χ2n) is 9.23. The summed E-state index contributed by atoms with van der Waals surface area (Å²) in [7, 11) is 0. The maximum absolute atomic E-state index is 14.8. The molecule has 0 unspecified atom stereocenters. The molecule has 2 heterocycles. The molecular formula is C25H32FN3O2. The maximum Gasteiger partial charge on any atom is 0.243 e. The van der Waals surface area contributed by atoms with Crippen LogP contribution in [-0.4, -0.2) is 45.8 Å². The van der Waals surface area contributed by atoms with E-state index in [1.54, 1.807) is 28.0 Å². The molecule has 1 aliphatic heterocycles. The van der Waals surface area contributed by atoms with Crippen molar-refractivity contribution in [3.8, 4) is 0 Å². The third-order valence-electron chi connectivity index (χ3n) is 6.49. The monoisotopic (exact) mass is 425 g/mol. The SMILES string of the molecule is CC(C)CN(CC(=O)N1CCn2cccc2[C@H]1c1ccccc1F)C(=O)C1CCCC1. The van der Waals surface area contributed by atoms with Gasteiger partial charge in [-0.15, -0.1) is 0 Å². The summed E-state index contributed by atoms with van der Waals surface area (Å²) >= 11 is 0. The van der Waals surface area contributed by atoms with Gasteiger partial charge in [0.2, 0.25) is 11.8 Å². The van der Waals surface area contributed by atoms with E-state index in [2.05, 4.69) is 18.4 Å². The molecule has 1 aromatic carbocycles. The fraction of sp³-hybridized carbons (Fsp3) is 0.520. The molecule has 31 heavy (non-hydrogen) atoms. The van der Waals surface area contributed by atoms with Crippen LogP contribution in [0.1, 0.15) is 56.8 Å². The van der Waals surface area contributed by atoms with Gasteiger partial charge in [-0.3, -0.25) is 9.59 Å². The van der Waals surface area contributed by atoms with Gasteiger partial charge in [0.15, 0.2) is 0 Å². The van der Waals surface area contributed by atoms with E-state index in [0.29, 0.717) is 25.2 Å². The van der Waals surface area contributed by atoms with Crippen LogP contribution in [0.4, 0.5) is 4.39 Å². The molecule has 166 valence electrons. The third-order valence-corrected chi connectivity index (χ3v) is 6.49. The first-order chi connectivity index (χ1) is 15.0. The van der Waals surface area contributed by atoms with Crippen LogP contribution in [0, 0.1) is 17.7 Å². The molecule has 5 nitrogen and oxygen atoms in total. The Morgan fingerprint density at radius 3 is 2.55 bits per heavy atom. The largest absolute Gasteiger partial charge is 0.348 e. The van der Waals surface area contributed by atoms with Crippen molar-refractivity contribution in [2.24, 2.45) is 11.8 Å². The summed E-state index contributed by atoms with van der Waals surface area (Å²) in [5.41, 5.74) is 1.40. The average Bonchev–Trinajstić information content (AvgIpc) is 3.44. The fourth-order valence-corrected chi connectivity index (χ4v) is 5.03. The van der Waals surface area contributed by atoms with Gasteiger partial charge in [0.05, 0.1) is 6.54 Å². The lowest BCUT2D eigenvalue weighted by molar-refractivity contribution is -0.144. The highest BCUT2D eigenvalue weighted by Crippen LogP contribution is 2.34. The summed E-state index contributed by atoms with van der Waals surface area (Å²) in [6.07, 6.45) is 5.96.